The van der Waals surface area contributed by atoms with E-state index in [4.69, 9.17) is 5.11 Å². The van der Waals surface area contributed by atoms with E-state index < -0.39 is 0 Å². The van der Waals surface area contributed by atoms with Gasteiger partial charge in [-0.3, -0.25) is 4.79 Å². The number of aromatic nitrogens is 2. The van der Waals surface area contributed by atoms with Crippen LogP contribution in [-0.2, 0) is 6.54 Å². The minimum absolute atomic E-state index is 0.0730. The second kappa shape index (κ2) is 7.38. The van der Waals surface area contributed by atoms with Gasteiger partial charge >= 0.3 is 0 Å². The summed E-state index contributed by atoms with van der Waals surface area (Å²) >= 11 is 1.07. The molecule has 0 aliphatic heterocycles. The van der Waals surface area contributed by atoms with Crippen LogP contribution in [0.15, 0.2) is 30.5 Å². The molecule has 0 atom stereocenters. The molecule has 102 valence electrons. The molecular formula is C14H13N3O2S. The first kappa shape index (κ1) is 14.2. The molecule has 0 aliphatic rings. The molecule has 1 aromatic carbocycles. The highest BCUT2D eigenvalue weighted by Gasteiger charge is 2.07. The molecule has 0 radical (unpaired) electrons. The summed E-state index contributed by atoms with van der Waals surface area (Å²) in [6, 6.07) is 7.60. The van der Waals surface area contributed by atoms with Gasteiger partial charge in [-0.05, 0) is 29.2 Å². The van der Waals surface area contributed by atoms with Gasteiger partial charge in [-0.1, -0.05) is 28.5 Å². The zero-order chi connectivity index (χ0) is 14.2. The van der Waals surface area contributed by atoms with E-state index in [1.54, 1.807) is 0 Å². The summed E-state index contributed by atoms with van der Waals surface area (Å²) < 4.78 is 3.64. The Bertz CT molecular complexity index is 612. The number of carbonyl (C=O) groups excluding carboxylic acids is 1. The summed E-state index contributed by atoms with van der Waals surface area (Å²) in [5.74, 6) is 5.63. The van der Waals surface area contributed by atoms with Gasteiger partial charge in [-0.15, -0.1) is 5.10 Å². The minimum Gasteiger partial charge on any atom is -0.395 e. The standard InChI is InChI=1S/C14H13N3O2S/c18-8-2-1-3-11-4-6-12(7-5-11)9-15-14(19)13-10-16-17-20-13/h4-7,10,18H,2,8-9H2,(H,15,19). The molecule has 1 heterocycles. The number of hydrogen-bond acceptors (Lipinski definition) is 5. The Morgan fingerprint density at radius 2 is 2.15 bits per heavy atom. The van der Waals surface area contributed by atoms with E-state index in [9.17, 15) is 4.79 Å². The molecule has 2 N–H and O–H groups in total. The lowest BCUT2D eigenvalue weighted by molar-refractivity contribution is 0.0955. The van der Waals surface area contributed by atoms with Gasteiger partial charge in [-0.2, -0.15) is 0 Å². The monoisotopic (exact) mass is 287 g/mol. The third-order valence-electron chi connectivity index (χ3n) is 2.46. The van der Waals surface area contributed by atoms with Crippen LogP contribution >= 0.6 is 11.5 Å². The van der Waals surface area contributed by atoms with Gasteiger partial charge in [0.1, 0.15) is 4.88 Å². The molecule has 0 saturated carbocycles. The fourth-order valence-corrected chi connectivity index (χ4v) is 1.89. The number of aliphatic hydroxyl groups is 1. The number of hydrogen-bond donors (Lipinski definition) is 2. The molecule has 2 rings (SSSR count). The maximum absolute atomic E-state index is 11.7. The SMILES string of the molecule is O=C(NCc1ccc(C#CCCO)cc1)c1cnns1. The molecule has 0 bridgehead atoms. The molecule has 0 saturated heterocycles. The predicted molar refractivity (Wildman–Crippen MR) is 76.1 cm³/mol. The third kappa shape index (κ3) is 4.16. The van der Waals surface area contributed by atoms with Gasteiger partial charge in [0, 0.05) is 18.5 Å². The van der Waals surface area contributed by atoms with Crippen LogP contribution in [0.2, 0.25) is 0 Å². The van der Waals surface area contributed by atoms with Crippen LogP contribution in [0.25, 0.3) is 0 Å². The van der Waals surface area contributed by atoms with Crippen molar-refractivity contribution in [3.05, 3.63) is 46.5 Å². The van der Waals surface area contributed by atoms with Crippen LogP contribution in [-0.4, -0.2) is 27.2 Å². The summed E-state index contributed by atoms with van der Waals surface area (Å²) in [5.41, 5.74) is 1.88. The molecule has 1 amide bonds. The minimum atomic E-state index is -0.174. The van der Waals surface area contributed by atoms with Crippen molar-refractivity contribution in [2.75, 3.05) is 6.61 Å². The van der Waals surface area contributed by atoms with Gasteiger partial charge in [0.2, 0.25) is 0 Å². The summed E-state index contributed by atoms with van der Waals surface area (Å²) in [7, 11) is 0. The Balaban J connectivity index is 1.88. The van der Waals surface area contributed by atoms with Crippen molar-refractivity contribution in [1.29, 1.82) is 0 Å². The van der Waals surface area contributed by atoms with Crippen molar-refractivity contribution >= 4 is 17.4 Å². The zero-order valence-corrected chi connectivity index (χ0v) is 11.5. The Labute approximate surface area is 120 Å². The molecule has 6 heteroatoms. The first-order chi connectivity index (χ1) is 9.79. The molecule has 0 spiro atoms. The van der Waals surface area contributed by atoms with E-state index >= 15 is 0 Å². The fourth-order valence-electron chi connectivity index (χ4n) is 1.46. The van der Waals surface area contributed by atoms with Crippen molar-refractivity contribution in [3.8, 4) is 11.8 Å². The Kier molecular flexibility index (Phi) is 5.24. The number of aliphatic hydroxyl groups excluding tert-OH is 1. The second-order valence-electron chi connectivity index (χ2n) is 3.94. The van der Waals surface area contributed by atoms with E-state index in [1.165, 1.54) is 6.20 Å². The average Bonchev–Trinajstić information content (AvgIpc) is 3.01. The Morgan fingerprint density at radius 1 is 1.35 bits per heavy atom. The number of carbonyl (C=O) groups is 1. The number of amides is 1. The molecular weight excluding hydrogens is 274 g/mol. The number of benzene rings is 1. The predicted octanol–water partition coefficient (Wildman–Crippen LogP) is 1.20. The normalized spacial score (nSPS) is 9.65. The highest BCUT2D eigenvalue weighted by molar-refractivity contribution is 7.07. The van der Waals surface area contributed by atoms with E-state index in [2.05, 4.69) is 26.7 Å². The molecule has 0 unspecified atom stereocenters. The molecule has 2 aromatic rings. The smallest absolute Gasteiger partial charge is 0.264 e. The van der Waals surface area contributed by atoms with E-state index in [-0.39, 0.29) is 12.5 Å². The zero-order valence-electron chi connectivity index (χ0n) is 10.7. The van der Waals surface area contributed by atoms with Crippen molar-refractivity contribution < 1.29 is 9.90 Å². The molecule has 1 aromatic heterocycles. The highest BCUT2D eigenvalue weighted by atomic mass is 32.1. The quantitative estimate of drug-likeness (QED) is 0.829. The van der Waals surface area contributed by atoms with Gasteiger partial charge < -0.3 is 10.4 Å². The van der Waals surface area contributed by atoms with Crippen molar-refractivity contribution in [2.45, 2.75) is 13.0 Å². The van der Waals surface area contributed by atoms with E-state index in [0.29, 0.717) is 17.8 Å². The first-order valence-corrected chi connectivity index (χ1v) is 6.81. The van der Waals surface area contributed by atoms with E-state index in [0.717, 1.165) is 22.7 Å². The van der Waals surface area contributed by atoms with Crippen LogP contribution in [0, 0.1) is 11.8 Å². The van der Waals surface area contributed by atoms with Crippen LogP contribution in [0.3, 0.4) is 0 Å². The number of rotatable bonds is 4. The van der Waals surface area contributed by atoms with Gasteiger partial charge in [0.25, 0.3) is 5.91 Å². The summed E-state index contributed by atoms with van der Waals surface area (Å²) in [6.07, 6.45) is 1.92. The van der Waals surface area contributed by atoms with Crippen LogP contribution < -0.4 is 5.32 Å². The number of nitrogens with one attached hydrogen (secondary N) is 1. The van der Waals surface area contributed by atoms with Crippen LogP contribution in [0.1, 0.15) is 27.2 Å². The largest absolute Gasteiger partial charge is 0.395 e. The number of nitrogens with zero attached hydrogens (tertiary/aromatic N) is 2. The lowest BCUT2D eigenvalue weighted by Gasteiger charge is -2.03. The van der Waals surface area contributed by atoms with Crippen molar-refractivity contribution in [3.63, 3.8) is 0 Å². The van der Waals surface area contributed by atoms with Gasteiger partial charge in [0.15, 0.2) is 0 Å². The van der Waals surface area contributed by atoms with Crippen LogP contribution in [0.4, 0.5) is 0 Å². The summed E-state index contributed by atoms with van der Waals surface area (Å²) in [4.78, 5) is 12.2. The highest BCUT2D eigenvalue weighted by Crippen LogP contribution is 2.05. The Hall–Kier alpha value is -2.23. The maximum atomic E-state index is 11.7. The average molecular weight is 287 g/mol. The maximum Gasteiger partial charge on any atom is 0.264 e. The Morgan fingerprint density at radius 3 is 2.80 bits per heavy atom. The molecule has 5 nitrogen and oxygen atoms in total. The van der Waals surface area contributed by atoms with Gasteiger partial charge in [-0.25, -0.2) is 0 Å². The van der Waals surface area contributed by atoms with Crippen molar-refractivity contribution in [2.24, 2.45) is 0 Å². The fraction of sp³-hybridized carbons (Fsp3) is 0.214. The topological polar surface area (TPSA) is 75.1 Å². The van der Waals surface area contributed by atoms with Crippen molar-refractivity contribution in [1.82, 2.24) is 14.9 Å². The van der Waals surface area contributed by atoms with E-state index in [1.807, 2.05) is 24.3 Å². The van der Waals surface area contributed by atoms with Gasteiger partial charge in [0.05, 0.1) is 12.8 Å². The molecule has 20 heavy (non-hydrogen) atoms. The lowest BCUT2D eigenvalue weighted by Crippen LogP contribution is -2.21. The molecule has 0 aliphatic carbocycles. The van der Waals surface area contributed by atoms with Crippen LogP contribution in [0.5, 0.6) is 0 Å². The first-order valence-electron chi connectivity index (χ1n) is 6.04. The second-order valence-corrected chi connectivity index (χ2v) is 4.72. The molecule has 0 fully saturated rings. The summed E-state index contributed by atoms with van der Waals surface area (Å²) in [5, 5.41) is 15.1. The summed E-state index contributed by atoms with van der Waals surface area (Å²) in [6.45, 7) is 0.518. The lowest BCUT2D eigenvalue weighted by atomic mass is 10.1. The third-order valence-corrected chi connectivity index (χ3v) is 3.13.